The fourth-order valence-electron chi connectivity index (χ4n) is 1.13. The number of hydrogen-bond acceptors (Lipinski definition) is 4. The molecule has 0 amide bonds. The summed E-state index contributed by atoms with van der Waals surface area (Å²) < 4.78 is 5.89. The Balaban J connectivity index is 2.46. The van der Waals surface area contributed by atoms with E-state index in [0.717, 1.165) is 0 Å². The molecule has 0 saturated carbocycles. The van der Waals surface area contributed by atoms with Crippen LogP contribution in [-0.4, -0.2) is 16.1 Å². The first kappa shape index (κ1) is 10.4. The Kier molecular flexibility index (Phi) is 2.62. The second-order valence-electron chi connectivity index (χ2n) is 2.83. The molecule has 2 aromatic heterocycles. The van der Waals surface area contributed by atoms with Crippen molar-refractivity contribution in [3.05, 3.63) is 27.4 Å². The largest absolute Gasteiger partial charge is 0.476 e. The Labute approximate surface area is 97.7 Å². The maximum atomic E-state index is 10.8. The Morgan fingerprint density at radius 2 is 2.33 bits per heavy atom. The van der Waals surface area contributed by atoms with Crippen LogP contribution in [-0.2, 0) is 0 Å². The van der Waals surface area contributed by atoms with Gasteiger partial charge in [0, 0.05) is 4.88 Å². The molecule has 0 radical (unpaired) electrons. The van der Waals surface area contributed by atoms with E-state index in [2.05, 4.69) is 20.9 Å². The molecule has 6 heteroatoms. The number of carboxylic acids is 1. The lowest BCUT2D eigenvalue weighted by molar-refractivity contribution is 0.0690. The number of halogens is 1. The standard InChI is InChI=1S/C9H6BrNO3S/c1-4-7(9(12)13)11-8(15-4)5-2-3-6(10)14-5/h2-3H,1H3,(H,12,13). The van der Waals surface area contributed by atoms with Gasteiger partial charge in [0.1, 0.15) is 0 Å². The Bertz CT molecular complexity index is 517. The van der Waals surface area contributed by atoms with Crippen molar-refractivity contribution in [2.24, 2.45) is 0 Å². The van der Waals surface area contributed by atoms with Gasteiger partial charge in [-0.15, -0.1) is 11.3 Å². The summed E-state index contributed by atoms with van der Waals surface area (Å²) in [6, 6.07) is 3.49. The molecule has 0 spiro atoms. The number of hydrogen-bond donors (Lipinski definition) is 1. The first-order chi connectivity index (χ1) is 7.08. The van der Waals surface area contributed by atoms with E-state index in [-0.39, 0.29) is 5.69 Å². The van der Waals surface area contributed by atoms with Gasteiger partial charge >= 0.3 is 5.97 Å². The molecule has 0 saturated heterocycles. The predicted octanol–water partition coefficient (Wildman–Crippen LogP) is 3.17. The predicted molar refractivity (Wildman–Crippen MR) is 59.2 cm³/mol. The summed E-state index contributed by atoms with van der Waals surface area (Å²) in [6.45, 7) is 1.72. The van der Waals surface area contributed by atoms with E-state index < -0.39 is 5.97 Å². The molecule has 0 aliphatic carbocycles. The zero-order valence-corrected chi connectivity index (χ0v) is 10.1. The summed E-state index contributed by atoms with van der Waals surface area (Å²) in [5.41, 5.74) is 0.0857. The molecule has 78 valence electrons. The maximum Gasteiger partial charge on any atom is 0.355 e. The van der Waals surface area contributed by atoms with Crippen LogP contribution in [0, 0.1) is 6.92 Å². The zero-order chi connectivity index (χ0) is 11.0. The highest BCUT2D eigenvalue weighted by atomic mass is 79.9. The van der Waals surface area contributed by atoms with Gasteiger partial charge in [-0.3, -0.25) is 0 Å². The topological polar surface area (TPSA) is 63.3 Å². The molecular formula is C9H6BrNO3S. The van der Waals surface area contributed by atoms with Crippen molar-refractivity contribution in [1.82, 2.24) is 4.98 Å². The second kappa shape index (κ2) is 3.79. The van der Waals surface area contributed by atoms with Crippen LogP contribution in [0.3, 0.4) is 0 Å². The van der Waals surface area contributed by atoms with E-state index in [4.69, 9.17) is 9.52 Å². The van der Waals surface area contributed by atoms with Gasteiger partial charge in [0.25, 0.3) is 0 Å². The molecule has 0 bridgehead atoms. The first-order valence-corrected chi connectivity index (χ1v) is 5.65. The zero-order valence-electron chi connectivity index (χ0n) is 7.65. The van der Waals surface area contributed by atoms with Gasteiger partial charge in [0.2, 0.25) is 0 Å². The second-order valence-corrected chi connectivity index (χ2v) is 4.82. The van der Waals surface area contributed by atoms with Crippen molar-refractivity contribution < 1.29 is 14.3 Å². The highest BCUT2D eigenvalue weighted by molar-refractivity contribution is 9.10. The quantitative estimate of drug-likeness (QED) is 0.921. The third kappa shape index (κ3) is 1.95. The average molecular weight is 288 g/mol. The summed E-state index contributed by atoms with van der Waals surface area (Å²) >= 11 is 4.48. The number of aryl methyl sites for hydroxylation is 1. The summed E-state index contributed by atoms with van der Waals surface area (Å²) in [5.74, 6) is -0.442. The minimum Gasteiger partial charge on any atom is -0.476 e. The smallest absolute Gasteiger partial charge is 0.355 e. The highest BCUT2D eigenvalue weighted by Crippen LogP contribution is 2.30. The fourth-order valence-corrected chi connectivity index (χ4v) is 2.30. The van der Waals surface area contributed by atoms with Crippen LogP contribution in [0.15, 0.2) is 21.2 Å². The minimum atomic E-state index is -1.01. The van der Waals surface area contributed by atoms with Crippen molar-refractivity contribution in [2.45, 2.75) is 6.92 Å². The summed E-state index contributed by atoms with van der Waals surface area (Å²) in [4.78, 5) is 15.4. The summed E-state index contributed by atoms with van der Waals surface area (Å²) in [7, 11) is 0. The van der Waals surface area contributed by atoms with Crippen LogP contribution in [0.2, 0.25) is 0 Å². The number of aromatic nitrogens is 1. The van der Waals surface area contributed by atoms with Crippen molar-refractivity contribution in [2.75, 3.05) is 0 Å². The Hall–Kier alpha value is -1.14. The lowest BCUT2D eigenvalue weighted by Gasteiger charge is -1.86. The Morgan fingerprint density at radius 3 is 2.80 bits per heavy atom. The number of furan rings is 1. The maximum absolute atomic E-state index is 10.8. The summed E-state index contributed by atoms with van der Waals surface area (Å²) in [6.07, 6.45) is 0. The van der Waals surface area contributed by atoms with Gasteiger partial charge in [0.05, 0.1) is 0 Å². The van der Waals surface area contributed by atoms with E-state index in [0.29, 0.717) is 20.3 Å². The van der Waals surface area contributed by atoms with Gasteiger partial charge in [-0.2, -0.15) is 0 Å². The number of carboxylic acid groups (broad SMARTS) is 1. The SMILES string of the molecule is Cc1sc(-c2ccc(Br)o2)nc1C(=O)O. The molecule has 0 aliphatic heterocycles. The van der Waals surface area contributed by atoms with Gasteiger partial charge in [-0.05, 0) is 35.0 Å². The third-order valence-corrected chi connectivity index (χ3v) is 3.19. The van der Waals surface area contributed by atoms with Crippen LogP contribution in [0.1, 0.15) is 15.4 Å². The molecule has 0 aromatic carbocycles. The number of aromatic carboxylic acids is 1. The van der Waals surface area contributed by atoms with Crippen LogP contribution in [0.25, 0.3) is 10.8 Å². The molecule has 4 nitrogen and oxygen atoms in total. The fraction of sp³-hybridized carbons (Fsp3) is 0.111. The van der Waals surface area contributed by atoms with E-state index in [1.165, 1.54) is 11.3 Å². The monoisotopic (exact) mass is 287 g/mol. The van der Waals surface area contributed by atoms with E-state index in [1.54, 1.807) is 19.1 Å². The van der Waals surface area contributed by atoms with Gasteiger partial charge in [-0.25, -0.2) is 9.78 Å². The Morgan fingerprint density at radius 1 is 1.60 bits per heavy atom. The molecule has 2 heterocycles. The minimum absolute atomic E-state index is 0.0857. The van der Waals surface area contributed by atoms with Crippen LogP contribution in [0.5, 0.6) is 0 Å². The van der Waals surface area contributed by atoms with Crippen molar-refractivity contribution in [3.63, 3.8) is 0 Å². The molecule has 0 atom stereocenters. The molecular weight excluding hydrogens is 282 g/mol. The van der Waals surface area contributed by atoms with Crippen LogP contribution >= 0.6 is 27.3 Å². The van der Waals surface area contributed by atoms with Crippen LogP contribution in [0.4, 0.5) is 0 Å². The lowest BCUT2D eigenvalue weighted by atomic mass is 10.4. The first-order valence-electron chi connectivity index (χ1n) is 4.04. The molecule has 2 rings (SSSR count). The average Bonchev–Trinajstić information content (AvgIpc) is 2.71. The number of rotatable bonds is 2. The molecule has 0 unspecified atom stereocenters. The molecule has 15 heavy (non-hydrogen) atoms. The van der Waals surface area contributed by atoms with Crippen molar-refractivity contribution in [3.8, 4) is 10.8 Å². The van der Waals surface area contributed by atoms with Crippen molar-refractivity contribution in [1.29, 1.82) is 0 Å². The van der Waals surface area contributed by atoms with Crippen LogP contribution < -0.4 is 0 Å². The van der Waals surface area contributed by atoms with E-state index >= 15 is 0 Å². The number of thiazole rings is 1. The molecule has 0 aliphatic rings. The van der Waals surface area contributed by atoms with E-state index in [9.17, 15) is 4.79 Å². The normalized spacial score (nSPS) is 10.5. The van der Waals surface area contributed by atoms with Gasteiger partial charge < -0.3 is 9.52 Å². The van der Waals surface area contributed by atoms with Gasteiger partial charge in [0.15, 0.2) is 21.1 Å². The van der Waals surface area contributed by atoms with Crippen molar-refractivity contribution >= 4 is 33.2 Å². The molecule has 0 fully saturated rings. The lowest BCUT2D eigenvalue weighted by Crippen LogP contribution is -1.98. The van der Waals surface area contributed by atoms with E-state index in [1.807, 2.05) is 0 Å². The number of nitrogens with zero attached hydrogens (tertiary/aromatic N) is 1. The highest BCUT2D eigenvalue weighted by Gasteiger charge is 2.16. The molecule has 2 aromatic rings. The summed E-state index contributed by atoms with van der Waals surface area (Å²) in [5, 5.41) is 9.41. The third-order valence-electron chi connectivity index (χ3n) is 1.78. The molecule has 1 N–H and O–H groups in total. The number of carbonyl (C=O) groups is 1. The van der Waals surface area contributed by atoms with Gasteiger partial charge in [-0.1, -0.05) is 0 Å².